The SMILES string of the molecule is Cc1ccc2c(C)c(C(=O)NCC3(CN(C)C)CCOCC3)oc2c1. The summed E-state index contributed by atoms with van der Waals surface area (Å²) in [5.41, 5.74) is 2.87. The van der Waals surface area contributed by atoms with Gasteiger partial charge in [-0.25, -0.2) is 0 Å². The molecule has 0 radical (unpaired) electrons. The molecule has 2 aromatic rings. The van der Waals surface area contributed by atoms with E-state index in [1.807, 2.05) is 32.0 Å². The van der Waals surface area contributed by atoms with Crippen LogP contribution in [0.25, 0.3) is 11.0 Å². The van der Waals surface area contributed by atoms with E-state index in [0.717, 1.165) is 54.7 Å². The molecule has 1 N–H and O–H groups in total. The molecule has 1 saturated heterocycles. The van der Waals surface area contributed by atoms with Crippen LogP contribution in [0.15, 0.2) is 22.6 Å². The first-order chi connectivity index (χ1) is 11.9. The third-order valence-corrected chi connectivity index (χ3v) is 5.13. The average molecular weight is 344 g/mol. The summed E-state index contributed by atoms with van der Waals surface area (Å²) >= 11 is 0. The van der Waals surface area contributed by atoms with Crippen molar-refractivity contribution in [1.82, 2.24) is 10.2 Å². The second-order valence-corrected chi connectivity index (χ2v) is 7.59. The lowest BCUT2D eigenvalue weighted by molar-refractivity contribution is 0.00273. The van der Waals surface area contributed by atoms with Crippen LogP contribution in [-0.2, 0) is 4.74 Å². The Morgan fingerprint density at radius 2 is 1.96 bits per heavy atom. The van der Waals surface area contributed by atoms with Crippen LogP contribution in [0.2, 0.25) is 0 Å². The summed E-state index contributed by atoms with van der Waals surface area (Å²) in [4.78, 5) is 14.9. The summed E-state index contributed by atoms with van der Waals surface area (Å²) in [5.74, 6) is 0.295. The van der Waals surface area contributed by atoms with Crippen molar-refractivity contribution in [2.75, 3.05) is 40.4 Å². The van der Waals surface area contributed by atoms with Gasteiger partial charge in [-0.05, 0) is 52.4 Å². The zero-order valence-corrected chi connectivity index (χ0v) is 15.6. The number of rotatable bonds is 5. The number of fused-ring (bicyclic) bond motifs is 1. The Morgan fingerprint density at radius 3 is 2.64 bits per heavy atom. The van der Waals surface area contributed by atoms with Crippen molar-refractivity contribution in [3.63, 3.8) is 0 Å². The first-order valence-corrected chi connectivity index (χ1v) is 8.91. The third kappa shape index (κ3) is 3.88. The number of nitrogens with one attached hydrogen (secondary N) is 1. The Bertz CT molecular complexity index is 758. The summed E-state index contributed by atoms with van der Waals surface area (Å²) in [6.07, 6.45) is 1.92. The highest BCUT2D eigenvalue weighted by Gasteiger charge is 2.34. The third-order valence-electron chi connectivity index (χ3n) is 5.13. The summed E-state index contributed by atoms with van der Waals surface area (Å²) in [7, 11) is 4.15. The van der Waals surface area contributed by atoms with E-state index in [1.165, 1.54) is 0 Å². The maximum atomic E-state index is 12.7. The second kappa shape index (κ2) is 7.18. The van der Waals surface area contributed by atoms with Crippen LogP contribution < -0.4 is 5.32 Å². The monoisotopic (exact) mass is 344 g/mol. The molecule has 1 amide bonds. The number of nitrogens with zero attached hydrogens (tertiary/aromatic N) is 1. The number of amides is 1. The summed E-state index contributed by atoms with van der Waals surface area (Å²) in [6, 6.07) is 6.04. The Labute approximate surface area is 149 Å². The Balaban J connectivity index is 1.76. The molecule has 5 nitrogen and oxygen atoms in total. The molecule has 0 spiro atoms. The molecular formula is C20H28N2O3. The summed E-state index contributed by atoms with van der Waals surface area (Å²) in [6.45, 7) is 7.06. The van der Waals surface area contributed by atoms with Gasteiger partial charge in [0.25, 0.3) is 5.91 Å². The molecule has 5 heteroatoms. The van der Waals surface area contributed by atoms with E-state index in [2.05, 4.69) is 24.3 Å². The first-order valence-electron chi connectivity index (χ1n) is 8.91. The molecule has 0 saturated carbocycles. The van der Waals surface area contributed by atoms with Gasteiger partial charge in [-0.3, -0.25) is 4.79 Å². The number of hydrogen-bond acceptors (Lipinski definition) is 4. The largest absolute Gasteiger partial charge is 0.451 e. The standard InChI is InChI=1S/C20H28N2O3/c1-14-5-6-16-15(2)18(25-17(16)11-14)19(23)21-12-20(13-22(3)4)7-9-24-10-8-20/h5-6,11H,7-10,12-13H2,1-4H3,(H,21,23). The van der Waals surface area contributed by atoms with Crippen LogP contribution >= 0.6 is 0 Å². The van der Waals surface area contributed by atoms with Gasteiger partial charge in [0.15, 0.2) is 5.76 Å². The van der Waals surface area contributed by atoms with Gasteiger partial charge in [0, 0.05) is 42.7 Å². The molecule has 1 fully saturated rings. The fraction of sp³-hybridized carbons (Fsp3) is 0.550. The molecule has 0 unspecified atom stereocenters. The predicted octanol–water partition coefficient (Wildman–Crippen LogP) is 3.14. The highest BCUT2D eigenvalue weighted by Crippen LogP contribution is 2.31. The molecule has 25 heavy (non-hydrogen) atoms. The molecule has 0 bridgehead atoms. The van der Waals surface area contributed by atoms with Crippen molar-refractivity contribution in [3.8, 4) is 0 Å². The van der Waals surface area contributed by atoms with E-state index in [9.17, 15) is 4.79 Å². The van der Waals surface area contributed by atoms with Crippen LogP contribution in [0.3, 0.4) is 0 Å². The smallest absolute Gasteiger partial charge is 0.287 e. The Hall–Kier alpha value is -1.85. The lowest BCUT2D eigenvalue weighted by Gasteiger charge is -2.39. The van der Waals surface area contributed by atoms with Crippen LogP contribution in [0, 0.1) is 19.3 Å². The van der Waals surface area contributed by atoms with E-state index in [-0.39, 0.29) is 11.3 Å². The molecule has 2 heterocycles. The minimum atomic E-state index is -0.129. The van der Waals surface area contributed by atoms with Crippen molar-refractivity contribution in [3.05, 3.63) is 35.1 Å². The maximum Gasteiger partial charge on any atom is 0.287 e. The van der Waals surface area contributed by atoms with Crippen molar-refractivity contribution < 1.29 is 13.9 Å². The topological polar surface area (TPSA) is 54.7 Å². The summed E-state index contributed by atoms with van der Waals surface area (Å²) in [5, 5.41) is 4.12. The van der Waals surface area contributed by atoms with Crippen LogP contribution in [0.1, 0.15) is 34.5 Å². The van der Waals surface area contributed by atoms with E-state index in [0.29, 0.717) is 12.3 Å². The number of aryl methyl sites for hydroxylation is 2. The lowest BCUT2D eigenvalue weighted by Crippen LogP contribution is -2.47. The van der Waals surface area contributed by atoms with Crippen LogP contribution in [0.4, 0.5) is 0 Å². The first kappa shape index (κ1) is 18.0. The van der Waals surface area contributed by atoms with Crippen molar-refractivity contribution >= 4 is 16.9 Å². The Morgan fingerprint density at radius 1 is 1.24 bits per heavy atom. The molecular weight excluding hydrogens is 316 g/mol. The van der Waals surface area contributed by atoms with E-state index in [4.69, 9.17) is 9.15 Å². The van der Waals surface area contributed by atoms with Gasteiger partial charge in [0.1, 0.15) is 5.58 Å². The van der Waals surface area contributed by atoms with E-state index < -0.39 is 0 Å². The van der Waals surface area contributed by atoms with Gasteiger partial charge in [0.05, 0.1) is 0 Å². The fourth-order valence-electron chi connectivity index (χ4n) is 3.76. The molecule has 136 valence electrons. The van der Waals surface area contributed by atoms with Crippen molar-refractivity contribution in [2.24, 2.45) is 5.41 Å². The minimum absolute atomic E-state index is 0.0634. The summed E-state index contributed by atoms with van der Waals surface area (Å²) < 4.78 is 11.4. The fourth-order valence-corrected chi connectivity index (χ4v) is 3.76. The lowest BCUT2D eigenvalue weighted by atomic mass is 9.79. The minimum Gasteiger partial charge on any atom is -0.451 e. The molecule has 1 aliphatic heterocycles. The second-order valence-electron chi connectivity index (χ2n) is 7.59. The number of carbonyl (C=O) groups is 1. The van der Waals surface area contributed by atoms with Gasteiger partial charge in [0.2, 0.25) is 0 Å². The van der Waals surface area contributed by atoms with Crippen LogP contribution in [0.5, 0.6) is 0 Å². The molecule has 1 aliphatic rings. The van der Waals surface area contributed by atoms with E-state index in [1.54, 1.807) is 0 Å². The van der Waals surface area contributed by atoms with Crippen molar-refractivity contribution in [2.45, 2.75) is 26.7 Å². The number of ether oxygens (including phenoxy) is 1. The van der Waals surface area contributed by atoms with Gasteiger partial charge >= 0.3 is 0 Å². The predicted molar refractivity (Wildman–Crippen MR) is 99.1 cm³/mol. The van der Waals surface area contributed by atoms with Crippen molar-refractivity contribution in [1.29, 1.82) is 0 Å². The molecule has 3 rings (SSSR count). The zero-order valence-electron chi connectivity index (χ0n) is 15.6. The highest BCUT2D eigenvalue weighted by molar-refractivity contribution is 5.99. The van der Waals surface area contributed by atoms with Gasteiger partial charge in [-0.1, -0.05) is 12.1 Å². The number of furan rings is 1. The van der Waals surface area contributed by atoms with Gasteiger partial charge < -0.3 is 19.4 Å². The number of carbonyl (C=O) groups excluding carboxylic acids is 1. The average Bonchev–Trinajstić information content (AvgIpc) is 2.89. The Kier molecular flexibility index (Phi) is 5.16. The number of benzene rings is 1. The van der Waals surface area contributed by atoms with E-state index >= 15 is 0 Å². The molecule has 1 aromatic heterocycles. The highest BCUT2D eigenvalue weighted by atomic mass is 16.5. The quantitative estimate of drug-likeness (QED) is 0.905. The number of hydrogen-bond donors (Lipinski definition) is 1. The molecule has 0 atom stereocenters. The van der Waals surface area contributed by atoms with Gasteiger partial charge in [-0.2, -0.15) is 0 Å². The zero-order chi connectivity index (χ0) is 18.0. The maximum absolute atomic E-state index is 12.7. The normalized spacial score (nSPS) is 17.2. The molecule has 1 aromatic carbocycles. The molecule has 0 aliphatic carbocycles. The van der Waals surface area contributed by atoms with Crippen LogP contribution in [-0.4, -0.2) is 51.2 Å². The van der Waals surface area contributed by atoms with Gasteiger partial charge in [-0.15, -0.1) is 0 Å².